The minimum absolute atomic E-state index is 0.0265. The summed E-state index contributed by atoms with van der Waals surface area (Å²) in [4.78, 5) is 28.7. The Morgan fingerprint density at radius 3 is 2.10 bits per heavy atom. The van der Waals surface area contributed by atoms with Gasteiger partial charge in [-0.3, -0.25) is 13.9 Å². The summed E-state index contributed by atoms with van der Waals surface area (Å²) in [5.74, 6) is -0.923. The number of nitrogens with zero attached hydrogens (tertiary/aromatic N) is 2. The molecule has 1 N–H and O–H groups in total. The molecule has 0 spiro atoms. The number of halogens is 3. The molecule has 0 heterocycles. The van der Waals surface area contributed by atoms with Crippen LogP contribution in [0.25, 0.3) is 0 Å². The van der Waals surface area contributed by atoms with Crippen LogP contribution in [0.5, 0.6) is 0 Å². The molecule has 7 nitrogen and oxygen atoms in total. The summed E-state index contributed by atoms with van der Waals surface area (Å²) in [7, 11) is -4.18. The lowest BCUT2D eigenvalue weighted by Crippen LogP contribution is -2.52. The van der Waals surface area contributed by atoms with Crippen molar-refractivity contribution in [1.82, 2.24) is 10.2 Å². The molecule has 0 radical (unpaired) electrons. The molecule has 0 bridgehead atoms. The summed E-state index contributed by atoms with van der Waals surface area (Å²) >= 11 is 19.0. The van der Waals surface area contributed by atoms with Crippen LogP contribution in [0.15, 0.2) is 71.6 Å². The second kappa shape index (κ2) is 13.5. The second-order valence-corrected chi connectivity index (χ2v) is 13.3. The molecule has 3 aromatic rings. The van der Waals surface area contributed by atoms with Crippen molar-refractivity contribution in [2.24, 2.45) is 0 Å². The van der Waals surface area contributed by atoms with Gasteiger partial charge in [0.15, 0.2) is 0 Å². The van der Waals surface area contributed by atoms with Gasteiger partial charge in [0.2, 0.25) is 11.8 Å². The van der Waals surface area contributed by atoms with E-state index >= 15 is 0 Å². The molecular formula is C30H32Cl3N3O4S. The van der Waals surface area contributed by atoms with E-state index in [2.05, 4.69) is 5.32 Å². The third kappa shape index (κ3) is 7.55. The molecular weight excluding hydrogens is 605 g/mol. The largest absolute Gasteiger partial charge is 0.352 e. The van der Waals surface area contributed by atoms with Gasteiger partial charge in [0.1, 0.15) is 12.6 Å². The van der Waals surface area contributed by atoms with Gasteiger partial charge < -0.3 is 10.2 Å². The Hall–Kier alpha value is -2.78. The third-order valence-electron chi connectivity index (χ3n) is 7.26. The first kappa shape index (κ1) is 31.2. The van der Waals surface area contributed by atoms with E-state index in [1.54, 1.807) is 49.4 Å². The number of nitrogens with one attached hydrogen (secondary N) is 1. The van der Waals surface area contributed by atoms with E-state index in [4.69, 9.17) is 34.8 Å². The van der Waals surface area contributed by atoms with Crippen LogP contribution in [-0.2, 0) is 26.2 Å². The van der Waals surface area contributed by atoms with E-state index in [0.717, 1.165) is 35.6 Å². The van der Waals surface area contributed by atoms with E-state index in [9.17, 15) is 18.0 Å². The fourth-order valence-corrected chi connectivity index (χ4v) is 6.86. The molecule has 2 amide bonds. The van der Waals surface area contributed by atoms with Gasteiger partial charge in [0.25, 0.3) is 10.0 Å². The molecule has 1 atom stereocenters. The van der Waals surface area contributed by atoms with Gasteiger partial charge >= 0.3 is 0 Å². The Balaban J connectivity index is 1.71. The Kier molecular flexibility index (Phi) is 10.2. The molecule has 0 saturated heterocycles. The summed E-state index contributed by atoms with van der Waals surface area (Å²) in [6.45, 7) is 2.82. The fourth-order valence-electron chi connectivity index (χ4n) is 4.80. The van der Waals surface area contributed by atoms with E-state index in [-0.39, 0.29) is 29.1 Å². The average Bonchev–Trinajstić information content (AvgIpc) is 3.45. The van der Waals surface area contributed by atoms with Crippen LogP contribution in [0, 0.1) is 6.92 Å². The van der Waals surface area contributed by atoms with Gasteiger partial charge in [-0.25, -0.2) is 8.42 Å². The van der Waals surface area contributed by atoms with Crippen molar-refractivity contribution in [2.45, 2.75) is 63.1 Å². The van der Waals surface area contributed by atoms with Crippen LogP contribution in [0.4, 0.5) is 5.69 Å². The van der Waals surface area contributed by atoms with E-state index in [1.165, 1.54) is 29.2 Å². The van der Waals surface area contributed by atoms with Crippen molar-refractivity contribution in [3.8, 4) is 0 Å². The number of sulfonamides is 1. The number of hydrogen-bond acceptors (Lipinski definition) is 4. The molecule has 1 aliphatic rings. The maximum absolute atomic E-state index is 14.1. The van der Waals surface area contributed by atoms with Crippen molar-refractivity contribution >= 4 is 62.3 Å². The third-order valence-corrected chi connectivity index (χ3v) is 10.0. The van der Waals surface area contributed by atoms with Gasteiger partial charge in [-0.1, -0.05) is 71.4 Å². The van der Waals surface area contributed by atoms with Crippen molar-refractivity contribution in [3.63, 3.8) is 0 Å². The zero-order valence-corrected chi connectivity index (χ0v) is 25.9. The SMILES string of the molecule is Cc1ccc(S(=O)(=O)N(CC(=O)N(Cc2c(Cl)cccc2Cl)[C@H](C)C(=O)NC2CCCC2)c2ccc(Cl)cc2)cc1. The predicted octanol–water partition coefficient (Wildman–Crippen LogP) is 6.63. The molecule has 3 aromatic carbocycles. The summed E-state index contributed by atoms with van der Waals surface area (Å²) in [5.41, 5.74) is 1.61. The number of benzene rings is 3. The number of carbonyl (C=O) groups excluding carboxylic acids is 2. The van der Waals surface area contributed by atoms with E-state index in [1.807, 2.05) is 6.92 Å². The molecule has 0 aliphatic heterocycles. The highest BCUT2D eigenvalue weighted by Crippen LogP contribution is 2.29. The molecule has 41 heavy (non-hydrogen) atoms. The number of amides is 2. The molecule has 0 unspecified atom stereocenters. The lowest BCUT2D eigenvalue weighted by atomic mass is 10.1. The predicted molar refractivity (Wildman–Crippen MR) is 164 cm³/mol. The Labute approximate surface area is 256 Å². The maximum atomic E-state index is 14.1. The van der Waals surface area contributed by atoms with Gasteiger partial charge in [-0.2, -0.15) is 0 Å². The van der Waals surface area contributed by atoms with Crippen LogP contribution < -0.4 is 9.62 Å². The maximum Gasteiger partial charge on any atom is 0.264 e. The molecule has 4 rings (SSSR count). The monoisotopic (exact) mass is 635 g/mol. The zero-order valence-electron chi connectivity index (χ0n) is 22.8. The van der Waals surface area contributed by atoms with Crippen LogP contribution in [0.3, 0.4) is 0 Å². The van der Waals surface area contributed by atoms with Gasteiger partial charge in [-0.15, -0.1) is 0 Å². The van der Waals surface area contributed by atoms with Crippen molar-refractivity contribution in [3.05, 3.63) is 92.9 Å². The highest BCUT2D eigenvalue weighted by atomic mass is 35.5. The first-order chi connectivity index (χ1) is 19.5. The highest BCUT2D eigenvalue weighted by molar-refractivity contribution is 7.92. The van der Waals surface area contributed by atoms with E-state index < -0.39 is 28.5 Å². The topological polar surface area (TPSA) is 86.8 Å². The van der Waals surface area contributed by atoms with Crippen molar-refractivity contribution < 1.29 is 18.0 Å². The number of hydrogen-bond donors (Lipinski definition) is 1. The summed E-state index contributed by atoms with van der Waals surface area (Å²) in [6.07, 6.45) is 3.82. The number of aryl methyl sites for hydroxylation is 1. The van der Waals surface area contributed by atoms with Gasteiger partial charge in [0.05, 0.1) is 10.6 Å². The molecule has 0 aromatic heterocycles. The molecule has 218 valence electrons. The first-order valence-electron chi connectivity index (χ1n) is 13.3. The highest BCUT2D eigenvalue weighted by Gasteiger charge is 2.34. The minimum atomic E-state index is -4.18. The van der Waals surface area contributed by atoms with Crippen LogP contribution in [-0.4, -0.2) is 43.8 Å². The van der Waals surface area contributed by atoms with Gasteiger partial charge in [0, 0.05) is 33.2 Å². The molecule has 1 fully saturated rings. The first-order valence-corrected chi connectivity index (χ1v) is 15.9. The standard InChI is InChI=1S/C30H32Cl3N3O4S/c1-20-10-16-25(17-11-20)41(39,40)36(24-14-12-22(31)13-15-24)19-29(37)35(18-26-27(32)8-5-9-28(26)33)21(2)30(38)34-23-6-3-4-7-23/h5,8-17,21,23H,3-4,6-7,18-19H2,1-2H3,(H,34,38)/t21-/m1/s1. The number of anilines is 1. The summed E-state index contributed by atoms with van der Waals surface area (Å²) in [5, 5.41) is 4.12. The second-order valence-electron chi connectivity index (χ2n) is 10.2. The number of rotatable bonds is 10. The molecule has 1 saturated carbocycles. The zero-order chi connectivity index (χ0) is 29.7. The fraction of sp³-hybridized carbons (Fsp3) is 0.333. The quantitative estimate of drug-likeness (QED) is 0.271. The molecule has 11 heteroatoms. The Morgan fingerprint density at radius 2 is 1.51 bits per heavy atom. The Morgan fingerprint density at radius 1 is 0.927 bits per heavy atom. The van der Waals surface area contributed by atoms with Crippen molar-refractivity contribution in [1.29, 1.82) is 0 Å². The van der Waals surface area contributed by atoms with Gasteiger partial charge in [-0.05, 0) is 75.2 Å². The molecule has 1 aliphatic carbocycles. The summed E-state index contributed by atoms with van der Waals surface area (Å²) in [6, 6.07) is 16.7. The number of carbonyl (C=O) groups is 2. The normalized spacial score (nSPS) is 14.5. The van der Waals surface area contributed by atoms with Crippen LogP contribution >= 0.6 is 34.8 Å². The van der Waals surface area contributed by atoms with E-state index in [0.29, 0.717) is 20.6 Å². The lowest BCUT2D eigenvalue weighted by Gasteiger charge is -2.33. The average molecular weight is 637 g/mol. The smallest absolute Gasteiger partial charge is 0.264 e. The minimum Gasteiger partial charge on any atom is -0.352 e. The van der Waals surface area contributed by atoms with Crippen LogP contribution in [0.1, 0.15) is 43.7 Å². The van der Waals surface area contributed by atoms with Crippen LogP contribution in [0.2, 0.25) is 15.1 Å². The summed E-state index contributed by atoms with van der Waals surface area (Å²) < 4.78 is 28.8. The van der Waals surface area contributed by atoms with Crippen molar-refractivity contribution in [2.75, 3.05) is 10.8 Å². The lowest BCUT2D eigenvalue weighted by molar-refractivity contribution is -0.139. The Bertz CT molecular complexity index is 1470.